The highest BCUT2D eigenvalue weighted by atomic mass is 15.0. The van der Waals surface area contributed by atoms with Crippen molar-refractivity contribution in [3.05, 3.63) is 0 Å². The van der Waals surface area contributed by atoms with Gasteiger partial charge in [0.15, 0.2) is 0 Å². The van der Waals surface area contributed by atoms with Gasteiger partial charge in [-0.15, -0.1) is 0 Å². The zero-order valence-electron chi connectivity index (χ0n) is 12.0. The summed E-state index contributed by atoms with van der Waals surface area (Å²) in [7, 11) is 0. The van der Waals surface area contributed by atoms with Gasteiger partial charge in [-0.2, -0.15) is 5.26 Å². The Labute approximate surface area is 112 Å². The zero-order chi connectivity index (χ0) is 13.0. The van der Waals surface area contributed by atoms with Crippen LogP contribution in [0.1, 0.15) is 65.2 Å². The minimum absolute atomic E-state index is 0.249. The van der Waals surface area contributed by atoms with Crippen molar-refractivity contribution in [1.29, 1.82) is 5.26 Å². The molecule has 0 aliphatic heterocycles. The van der Waals surface area contributed by atoms with Gasteiger partial charge in [0.2, 0.25) is 0 Å². The van der Waals surface area contributed by atoms with Crippen molar-refractivity contribution in [2.45, 2.75) is 77.3 Å². The first-order chi connectivity index (χ1) is 8.70. The van der Waals surface area contributed by atoms with Gasteiger partial charge in [-0.05, 0) is 43.9 Å². The molecule has 0 radical (unpaired) electrons. The van der Waals surface area contributed by atoms with Gasteiger partial charge in [0.25, 0.3) is 0 Å². The molecule has 2 rings (SSSR count). The predicted molar refractivity (Wildman–Crippen MR) is 75.1 cm³/mol. The predicted octanol–water partition coefficient (Wildman–Crippen LogP) is 3.87. The summed E-state index contributed by atoms with van der Waals surface area (Å²) in [6.07, 6.45) is 10.2. The van der Waals surface area contributed by atoms with E-state index in [1.54, 1.807) is 0 Å². The van der Waals surface area contributed by atoms with Gasteiger partial charge in [-0.1, -0.05) is 33.1 Å². The van der Waals surface area contributed by atoms with E-state index in [9.17, 15) is 5.26 Å². The van der Waals surface area contributed by atoms with Crippen molar-refractivity contribution < 1.29 is 0 Å². The largest absolute Gasteiger partial charge is 0.310 e. The lowest BCUT2D eigenvalue weighted by atomic mass is 9.79. The average Bonchev–Trinajstić information content (AvgIpc) is 2.57. The van der Waals surface area contributed by atoms with Gasteiger partial charge in [0, 0.05) is 12.1 Å². The van der Waals surface area contributed by atoms with Crippen LogP contribution in [0.4, 0.5) is 0 Å². The summed E-state index contributed by atoms with van der Waals surface area (Å²) in [5, 5.41) is 13.2. The molecular formula is C16H28N2. The molecule has 1 N–H and O–H groups in total. The maximum absolute atomic E-state index is 9.33. The summed E-state index contributed by atoms with van der Waals surface area (Å²) in [5.41, 5.74) is 0. The van der Waals surface area contributed by atoms with Gasteiger partial charge >= 0.3 is 0 Å². The molecule has 2 fully saturated rings. The molecule has 102 valence electrons. The number of nitrogens with zero attached hydrogens (tertiary/aromatic N) is 1. The van der Waals surface area contributed by atoms with Gasteiger partial charge in [0.1, 0.15) is 0 Å². The van der Waals surface area contributed by atoms with Gasteiger partial charge in [0.05, 0.1) is 12.0 Å². The fraction of sp³-hybridized carbons (Fsp3) is 0.938. The molecule has 2 heteroatoms. The van der Waals surface area contributed by atoms with E-state index in [0.717, 1.165) is 18.3 Å². The zero-order valence-corrected chi connectivity index (χ0v) is 12.0. The van der Waals surface area contributed by atoms with Crippen LogP contribution in [0.25, 0.3) is 0 Å². The lowest BCUT2D eigenvalue weighted by Gasteiger charge is -2.36. The second-order valence-corrected chi connectivity index (χ2v) is 6.65. The number of nitrogens with one attached hydrogen (secondary N) is 1. The topological polar surface area (TPSA) is 35.8 Å². The van der Waals surface area contributed by atoms with E-state index in [-0.39, 0.29) is 5.92 Å². The Balaban J connectivity index is 1.92. The minimum atomic E-state index is 0.249. The van der Waals surface area contributed by atoms with Crippen LogP contribution in [-0.4, -0.2) is 12.1 Å². The molecule has 0 spiro atoms. The number of nitriles is 1. The summed E-state index contributed by atoms with van der Waals surface area (Å²) in [4.78, 5) is 0. The van der Waals surface area contributed by atoms with Crippen molar-refractivity contribution in [3.63, 3.8) is 0 Å². The van der Waals surface area contributed by atoms with Crippen LogP contribution in [0.3, 0.4) is 0 Å². The fourth-order valence-electron chi connectivity index (χ4n) is 3.85. The molecule has 5 unspecified atom stereocenters. The average molecular weight is 248 g/mol. The van der Waals surface area contributed by atoms with Crippen molar-refractivity contribution >= 4 is 0 Å². The summed E-state index contributed by atoms with van der Waals surface area (Å²) < 4.78 is 0. The summed E-state index contributed by atoms with van der Waals surface area (Å²) in [6, 6.07) is 3.65. The maximum atomic E-state index is 9.33. The number of rotatable bonds is 2. The van der Waals surface area contributed by atoms with E-state index < -0.39 is 0 Å². The van der Waals surface area contributed by atoms with Crippen LogP contribution in [0, 0.1) is 29.1 Å². The van der Waals surface area contributed by atoms with E-state index in [0.29, 0.717) is 12.1 Å². The van der Waals surface area contributed by atoms with Crippen LogP contribution >= 0.6 is 0 Å². The summed E-state index contributed by atoms with van der Waals surface area (Å²) in [5.74, 6) is 1.91. The first-order valence-corrected chi connectivity index (χ1v) is 7.86. The molecule has 18 heavy (non-hydrogen) atoms. The van der Waals surface area contributed by atoms with Crippen LogP contribution in [0.5, 0.6) is 0 Å². The Morgan fingerprint density at radius 1 is 0.944 bits per heavy atom. The molecule has 0 aromatic heterocycles. The van der Waals surface area contributed by atoms with E-state index in [4.69, 9.17) is 0 Å². The molecular weight excluding hydrogens is 220 g/mol. The highest BCUT2D eigenvalue weighted by Gasteiger charge is 2.30. The molecule has 0 aromatic carbocycles. The van der Waals surface area contributed by atoms with Crippen LogP contribution < -0.4 is 5.32 Å². The number of hydrogen-bond donors (Lipinski definition) is 1. The highest BCUT2D eigenvalue weighted by molar-refractivity contribution is 4.96. The fourth-order valence-corrected chi connectivity index (χ4v) is 3.85. The van der Waals surface area contributed by atoms with Crippen molar-refractivity contribution in [2.75, 3.05) is 0 Å². The van der Waals surface area contributed by atoms with Gasteiger partial charge < -0.3 is 5.32 Å². The maximum Gasteiger partial charge on any atom is 0.0672 e. The van der Waals surface area contributed by atoms with Crippen LogP contribution in [0.15, 0.2) is 0 Å². The second-order valence-electron chi connectivity index (χ2n) is 6.65. The molecule has 2 saturated carbocycles. The summed E-state index contributed by atoms with van der Waals surface area (Å²) in [6.45, 7) is 4.75. The molecule has 0 aromatic rings. The molecule has 2 nitrogen and oxygen atoms in total. The van der Waals surface area contributed by atoms with Crippen molar-refractivity contribution in [1.82, 2.24) is 5.32 Å². The molecule has 2 aliphatic rings. The quantitative estimate of drug-likeness (QED) is 0.753. The Morgan fingerprint density at radius 3 is 2.44 bits per heavy atom. The Morgan fingerprint density at radius 2 is 1.72 bits per heavy atom. The Kier molecular flexibility index (Phi) is 5.06. The van der Waals surface area contributed by atoms with Crippen LogP contribution in [0.2, 0.25) is 0 Å². The van der Waals surface area contributed by atoms with E-state index in [1.807, 2.05) is 0 Å². The molecule has 0 amide bonds. The summed E-state index contributed by atoms with van der Waals surface area (Å²) >= 11 is 0. The standard InChI is InChI=1S/C16H28N2/c1-12-8-9-15(13(2)10-12)18-16-7-5-3-4-6-14(16)11-17/h12-16,18H,3-10H2,1-2H3. The van der Waals surface area contributed by atoms with Crippen LogP contribution in [-0.2, 0) is 0 Å². The highest BCUT2D eigenvalue weighted by Crippen LogP contribution is 2.31. The number of hydrogen-bond acceptors (Lipinski definition) is 2. The first-order valence-electron chi connectivity index (χ1n) is 7.86. The minimum Gasteiger partial charge on any atom is -0.310 e. The van der Waals surface area contributed by atoms with E-state index in [1.165, 1.54) is 44.9 Å². The SMILES string of the molecule is CC1CCC(NC2CCCCCC2C#N)C(C)C1. The van der Waals surface area contributed by atoms with E-state index >= 15 is 0 Å². The van der Waals surface area contributed by atoms with Gasteiger partial charge in [-0.3, -0.25) is 0 Å². The molecule has 5 atom stereocenters. The lowest BCUT2D eigenvalue weighted by molar-refractivity contribution is 0.199. The smallest absolute Gasteiger partial charge is 0.0672 e. The molecule has 2 aliphatic carbocycles. The third kappa shape index (κ3) is 3.48. The molecule has 0 heterocycles. The first kappa shape index (κ1) is 13.9. The monoisotopic (exact) mass is 248 g/mol. The molecule has 0 saturated heterocycles. The third-order valence-corrected chi connectivity index (χ3v) is 5.04. The van der Waals surface area contributed by atoms with Crippen molar-refractivity contribution in [2.24, 2.45) is 17.8 Å². The lowest BCUT2D eigenvalue weighted by Crippen LogP contribution is -2.47. The third-order valence-electron chi connectivity index (χ3n) is 5.04. The molecule has 0 bridgehead atoms. The second kappa shape index (κ2) is 6.57. The Bertz CT molecular complexity index is 294. The normalized spacial score (nSPS) is 41.9. The van der Waals surface area contributed by atoms with Gasteiger partial charge in [-0.25, -0.2) is 0 Å². The van der Waals surface area contributed by atoms with Crippen molar-refractivity contribution in [3.8, 4) is 6.07 Å². The van der Waals surface area contributed by atoms with E-state index in [2.05, 4.69) is 25.2 Å². The Hall–Kier alpha value is -0.550.